The molecule has 0 saturated carbocycles. The minimum atomic E-state index is -0.880. The highest BCUT2D eigenvalue weighted by molar-refractivity contribution is 5.88. The van der Waals surface area contributed by atoms with Crippen LogP contribution in [0.4, 0.5) is 0 Å². The first-order valence-corrected chi connectivity index (χ1v) is 3.52. The van der Waals surface area contributed by atoms with Gasteiger partial charge in [-0.2, -0.15) is 0 Å². The maximum atomic E-state index is 10.5. The van der Waals surface area contributed by atoms with Gasteiger partial charge in [0, 0.05) is 5.92 Å². The van der Waals surface area contributed by atoms with Crippen LogP contribution in [0.15, 0.2) is 11.6 Å². The molecule has 0 aliphatic carbocycles. The number of aliphatic hydroxyl groups excluding tert-OH is 1. The van der Waals surface area contributed by atoms with Crippen molar-refractivity contribution in [1.82, 2.24) is 0 Å². The van der Waals surface area contributed by atoms with E-state index in [0.29, 0.717) is 5.57 Å². The van der Waals surface area contributed by atoms with Gasteiger partial charge in [-0.1, -0.05) is 12.0 Å². The third kappa shape index (κ3) is 3.79. The fourth-order valence-electron chi connectivity index (χ4n) is 0.450. The molecule has 0 heterocycles. The molecule has 0 aromatic carbocycles. The molecular formula is C9H12O3. The fraction of sp³-hybridized carbons (Fsp3) is 0.444. The summed E-state index contributed by atoms with van der Waals surface area (Å²) in [4.78, 5) is 10.5. The maximum absolute atomic E-state index is 10.5. The van der Waals surface area contributed by atoms with Crippen LogP contribution < -0.4 is 0 Å². The lowest BCUT2D eigenvalue weighted by atomic mass is 10.2. The van der Waals surface area contributed by atoms with E-state index in [-0.39, 0.29) is 0 Å². The van der Waals surface area contributed by atoms with Crippen molar-refractivity contribution in [2.24, 2.45) is 0 Å². The third-order valence-corrected chi connectivity index (χ3v) is 1.38. The van der Waals surface area contributed by atoms with Crippen LogP contribution in [-0.2, 0) is 9.53 Å². The van der Waals surface area contributed by atoms with E-state index in [4.69, 9.17) is 0 Å². The Morgan fingerprint density at radius 2 is 2.25 bits per heavy atom. The number of methoxy groups -OCH3 is 1. The van der Waals surface area contributed by atoms with Gasteiger partial charge in [-0.3, -0.25) is 0 Å². The number of esters is 1. The van der Waals surface area contributed by atoms with Gasteiger partial charge in [0.2, 0.25) is 0 Å². The first-order chi connectivity index (χ1) is 5.61. The first-order valence-electron chi connectivity index (χ1n) is 3.52. The number of hydrogen-bond donors (Lipinski definition) is 1. The molecule has 3 heteroatoms. The molecule has 3 nitrogen and oxygen atoms in total. The van der Waals surface area contributed by atoms with E-state index < -0.39 is 12.1 Å². The molecule has 0 spiro atoms. The number of aliphatic hydroxyl groups is 1. The smallest absolute Gasteiger partial charge is 0.384 e. The molecule has 12 heavy (non-hydrogen) atoms. The van der Waals surface area contributed by atoms with Crippen LogP contribution in [0.25, 0.3) is 0 Å². The summed E-state index contributed by atoms with van der Waals surface area (Å²) in [6.45, 7) is 3.52. The van der Waals surface area contributed by atoms with Gasteiger partial charge in [-0.25, -0.2) is 4.79 Å². The van der Waals surface area contributed by atoms with Crippen molar-refractivity contribution in [2.45, 2.75) is 20.0 Å². The summed E-state index contributed by atoms with van der Waals surface area (Å²) in [6, 6.07) is 0. The maximum Gasteiger partial charge on any atom is 0.384 e. The van der Waals surface area contributed by atoms with Crippen molar-refractivity contribution < 1.29 is 14.6 Å². The van der Waals surface area contributed by atoms with E-state index in [1.165, 1.54) is 7.11 Å². The summed E-state index contributed by atoms with van der Waals surface area (Å²) < 4.78 is 4.27. The molecule has 0 rings (SSSR count). The van der Waals surface area contributed by atoms with Gasteiger partial charge in [-0.05, 0) is 19.4 Å². The average Bonchev–Trinajstić information content (AvgIpc) is 2.11. The molecule has 1 atom stereocenters. The highest BCUT2D eigenvalue weighted by Gasteiger charge is 2.00. The zero-order chi connectivity index (χ0) is 9.56. The van der Waals surface area contributed by atoms with Gasteiger partial charge in [0.1, 0.15) is 6.10 Å². The lowest BCUT2D eigenvalue weighted by Gasteiger charge is -2.00. The lowest BCUT2D eigenvalue weighted by Crippen LogP contribution is -2.05. The molecule has 0 radical (unpaired) electrons. The summed E-state index contributed by atoms with van der Waals surface area (Å²) in [6.07, 6.45) is 0.852. The van der Waals surface area contributed by atoms with Gasteiger partial charge >= 0.3 is 5.97 Å². The molecule has 1 unspecified atom stereocenters. The molecule has 0 bridgehead atoms. The monoisotopic (exact) mass is 168 g/mol. The second kappa shape index (κ2) is 5.39. The minimum Gasteiger partial charge on any atom is -0.459 e. The standard InChI is InChI=1S/C9H12O3/c1-4-7(2)8(10)5-6-9(11)12-3/h4,8,10H,1-3H3/b7-4+. The van der Waals surface area contributed by atoms with Crippen molar-refractivity contribution in [3.63, 3.8) is 0 Å². The summed E-state index contributed by atoms with van der Waals surface area (Å²) in [5.41, 5.74) is 0.714. The van der Waals surface area contributed by atoms with Crippen LogP contribution in [0, 0.1) is 11.8 Å². The van der Waals surface area contributed by atoms with Gasteiger partial charge in [0.15, 0.2) is 0 Å². The summed E-state index contributed by atoms with van der Waals surface area (Å²) >= 11 is 0. The van der Waals surface area contributed by atoms with Crippen molar-refractivity contribution in [3.8, 4) is 11.8 Å². The van der Waals surface area contributed by atoms with E-state index >= 15 is 0 Å². The van der Waals surface area contributed by atoms with Crippen LogP contribution in [0.3, 0.4) is 0 Å². The van der Waals surface area contributed by atoms with Gasteiger partial charge in [0.25, 0.3) is 0 Å². The van der Waals surface area contributed by atoms with Crippen molar-refractivity contribution in [3.05, 3.63) is 11.6 Å². The highest BCUT2D eigenvalue weighted by Crippen LogP contribution is 1.98. The van der Waals surface area contributed by atoms with Gasteiger partial charge in [-0.15, -0.1) is 0 Å². The summed E-state index contributed by atoms with van der Waals surface area (Å²) in [5, 5.41) is 9.21. The molecule has 0 aromatic rings. The second-order valence-corrected chi connectivity index (χ2v) is 2.20. The minimum absolute atomic E-state index is 0.641. The summed E-state index contributed by atoms with van der Waals surface area (Å²) in [5.74, 6) is 3.85. The molecule has 0 aliphatic heterocycles. The molecular weight excluding hydrogens is 156 g/mol. The molecule has 0 aromatic heterocycles. The molecule has 1 N–H and O–H groups in total. The zero-order valence-corrected chi connectivity index (χ0v) is 7.42. The molecule has 0 saturated heterocycles. The van der Waals surface area contributed by atoms with Crippen molar-refractivity contribution >= 4 is 5.97 Å². The van der Waals surface area contributed by atoms with Crippen LogP contribution in [0.2, 0.25) is 0 Å². The van der Waals surface area contributed by atoms with E-state index in [1.54, 1.807) is 19.9 Å². The predicted octanol–water partition coefficient (Wildman–Crippen LogP) is 0.490. The second-order valence-electron chi connectivity index (χ2n) is 2.20. The van der Waals surface area contributed by atoms with Crippen molar-refractivity contribution in [1.29, 1.82) is 0 Å². The van der Waals surface area contributed by atoms with E-state index in [9.17, 15) is 9.90 Å². The fourth-order valence-corrected chi connectivity index (χ4v) is 0.450. The number of hydrogen-bond acceptors (Lipinski definition) is 3. The Labute approximate surface area is 72.0 Å². The number of carbonyl (C=O) groups excluding carboxylic acids is 1. The van der Waals surface area contributed by atoms with E-state index in [2.05, 4.69) is 16.6 Å². The Hall–Kier alpha value is -1.27. The quantitative estimate of drug-likeness (QED) is 0.268. The zero-order valence-electron chi connectivity index (χ0n) is 7.42. The van der Waals surface area contributed by atoms with E-state index in [0.717, 1.165) is 0 Å². The number of ether oxygens (including phenoxy) is 1. The third-order valence-electron chi connectivity index (χ3n) is 1.38. The molecule has 0 amide bonds. The Bertz CT molecular complexity index is 242. The normalized spacial score (nSPS) is 12.8. The Balaban J connectivity index is 4.22. The van der Waals surface area contributed by atoms with Gasteiger partial charge in [0.05, 0.1) is 7.11 Å². The van der Waals surface area contributed by atoms with Gasteiger partial charge < -0.3 is 9.84 Å². The Morgan fingerprint density at radius 3 is 2.67 bits per heavy atom. The molecule has 0 aliphatic rings. The largest absolute Gasteiger partial charge is 0.459 e. The van der Waals surface area contributed by atoms with Crippen LogP contribution in [0.1, 0.15) is 13.8 Å². The lowest BCUT2D eigenvalue weighted by molar-refractivity contribution is -0.133. The van der Waals surface area contributed by atoms with Crippen LogP contribution in [0.5, 0.6) is 0 Å². The summed E-state index contributed by atoms with van der Waals surface area (Å²) in [7, 11) is 1.24. The Kier molecular flexibility index (Phi) is 4.82. The van der Waals surface area contributed by atoms with Crippen LogP contribution in [-0.4, -0.2) is 24.3 Å². The predicted molar refractivity (Wildman–Crippen MR) is 45.2 cm³/mol. The molecule has 66 valence electrons. The average molecular weight is 168 g/mol. The highest BCUT2D eigenvalue weighted by atomic mass is 16.5. The molecule has 0 fully saturated rings. The van der Waals surface area contributed by atoms with Crippen LogP contribution >= 0.6 is 0 Å². The number of carbonyl (C=O) groups is 1. The number of allylic oxidation sites excluding steroid dienone is 1. The SMILES string of the molecule is C/C=C(\C)C(O)C#CC(=O)OC. The topological polar surface area (TPSA) is 46.5 Å². The van der Waals surface area contributed by atoms with E-state index in [1.807, 2.05) is 0 Å². The number of rotatable bonds is 1. The van der Waals surface area contributed by atoms with Crippen molar-refractivity contribution in [2.75, 3.05) is 7.11 Å². The Morgan fingerprint density at radius 1 is 1.67 bits per heavy atom. The first kappa shape index (κ1) is 10.7.